The minimum Gasteiger partial charge on any atom is -0.497 e. The Morgan fingerprint density at radius 3 is 2.53 bits per heavy atom. The quantitative estimate of drug-likeness (QED) is 0.584. The van der Waals surface area contributed by atoms with Crippen LogP contribution >= 0.6 is 0 Å². The monoisotopic (exact) mass is 435 g/mol. The molecule has 0 radical (unpaired) electrons. The van der Waals surface area contributed by atoms with Crippen LogP contribution in [0.15, 0.2) is 48.5 Å². The van der Waals surface area contributed by atoms with Gasteiger partial charge in [-0.3, -0.25) is 4.90 Å². The van der Waals surface area contributed by atoms with Crippen LogP contribution < -0.4 is 19.7 Å². The van der Waals surface area contributed by atoms with Gasteiger partial charge in [0.15, 0.2) is 5.82 Å². The van der Waals surface area contributed by atoms with E-state index >= 15 is 0 Å². The third-order valence-corrected chi connectivity index (χ3v) is 5.41. The maximum atomic E-state index is 13.3. The number of methoxy groups -OCH3 is 1. The van der Waals surface area contributed by atoms with Crippen LogP contribution in [-0.4, -0.2) is 34.5 Å². The van der Waals surface area contributed by atoms with E-state index < -0.39 is 0 Å². The van der Waals surface area contributed by atoms with Crippen molar-refractivity contribution in [2.45, 2.75) is 45.7 Å². The molecule has 1 aromatic heterocycles. The molecular formula is C24H29N5O3. The molecule has 8 nitrogen and oxygen atoms in total. The first kappa shape index (κ1) is 21.7. The number of rotatable bonds is 7. The number of urea groups is 1. The summed E-state index contributed by atoms with van der Waals surface area (Å²) in [4.78, 5) is 19.6. The topological polar surface area (TPSA) is 81.5 Å². The molecule has 0 fully saturated rings. The molecule has 168 valence electrons. The molecule has 1 aliphatic rings. The molecule has 1 aliphatic heterocycles. The van der Waals surface area contributed by atoms with E-state index in [4.69, 9.17) is 14.5 Å². The molecule has 2 amide bonds. The number of hydrogen-bond donors (Lipinski definition) is 1. The zero-order valence-electron chi connectivity index (χ0n) is 18.6. The Bertz CT molecular complexity index is 1010. The Hall–Kier alpha value is -3.55. The van der Waals surface area contributed by atoms with Crippen molar-refractivity contribution < 1.29 is 14.3 Å². The fraction of sp³-hybridized carbons (Fsp3) is 0.375. The number of aryl methyl sites for hydroxylation is 2. The van der Waals surface area contributed by atoms with Gasteiger partial charge in [-0.15, -0.1) is 0 Å². The van der Waals surface area contributed by atoms with Crippen molar-refractivity contribution in [1.82, 2.24) is 14.8 Å². The van der Waals surface area contributed by atoms with Gasteiger partial charge >= 0.3 is 6.03 Å². The number of nitrogens with zero attached hydrogens (tertiary/aromatic N) is 4. The second kappa shape index (κ2) is 10.2. The summed E-state index contributed by atoms with van der Waals surface area (Å²) in [7, 11) is 1.61. The van der Waals surface area contributed by atoms with Crippen LogP contribution in [0.2, 0.25) is 0 Å². The van der Waals surface area contributed by atoms with Crippen molar-refractivity contribution in [2.75, 3.05) is 23.9 Å². The van der Waals surface area contributed by atoms with Crippen LogP contribution in [0.1, 0.15) is 37.8 Å². The summed E-state index contributed by atoms with van der Waals surface area (Å²) in [6, 6.07) is 14.5. The van der Waals surface area contributed by atoms with Gasteiger partial charge < -0.3 is 14.8 Å². The molecule has 0 saturated heterocycles. The molecule has 0 aliphatic carbocycles. The van der Waals surface area contributed by atoms with E-state index in [9.17, 15) is 4.79 Å². The highest BCUT2D eigenvalue weighted by Crippen LogP contribution is 2.23. The molecule has 3 aromatic rings. The Kier molecular flexibility index (Phi) is 6.89. The first-order valence-corrected chi connectivity index (χ1v) is 11.0. The van der Waals surface area contributed by atoms with Gasteiger partial charge in [0.2, 0.25) is 0 Å². The first-order chi connectivity index (χ1) is 15.7. The Balaban J connectivity index is 1.57. The summed E-state index contributed by atoms with van der Waals surface area (Å²) in [6.45, 7) is 3.68. The van der Waals surface area contributed by atoms with Crippen LogP contribution in [0.3, 0.4) is 0 Å². The number of fused-ring (bicyclic) bond motifs is 1. The maximum absolute atomic E-state index is 13.3. The first-order valence-electron chi connectivity index (χ1n) is 11.0. The lowest BCUT2D eigenvalue weighted by atomic mass is 10.2. The van der Waals surface area contributed by atoms with Crippen LogP contribution in [-0.2, 0) is 19.5 Å². The van der Waals surface area contributed by atoms with Crippen molar-refractivity contribution in [3.05, 3.63) is 60.2 Å². The zero-order valence-corrected chi connectivity index (χ0v) is 18.6. The van der Waals surface area contributed by atoms with Gasteiger partial charge in [-0.1, -0.05) is 6.42 Å². The summed E-state index contributed by atoms with van der Waals surface area (Å²) >= 11 is 0. The van der Waals surface area contributed by atoms with Crippen molar-refractivity contribution in [2.24, 2.45) is 0 Å². The smallest absolute Gasteiger partial charge is 0.326 e. The molecular weight excluding hydrogens is 406 g/mol. The van der Waals surface area contributed by atoms with E-state index in [1.165, 1.54) is 6.42 Å². The van der Waals surface area contributed by atoms with Crippen LogP contribution in [0.4, 0.5) is 16.2 Å². The fourth-order valence-corrected chi connectivity index (χ4v) is 3.75. The average molecular weight is 436 g/mol. The predicted octanol–water partition coefficient (Wildman–Crippen LogP) is 4.65. The number of carbonyl (C=O) groups excluding carboxylic acids is 1. The molecule has 4 rings (SSSR count). The lowest BCUT2D eigenvalue weighted by molar-refractivity contribution is 0.256. The molecule has 2 heterocycles. The Morgan fingerprint density at radius 1 is 1.06 bits per heavy atom. The highest BCUT2D eigenvalue weighted by Gasteiger charge is 2.21. The number of ether oxygens (including phenoxy) is 2. The molecule has 0 bridgehead atoms. The van der Waals surface area contributed by atoms with Crippen molar-refractivity contribution in [1.29, 1.82) is 0 Å². The molecule has 0 atom stereocenters. The fourth-order valence-electron chi connectivity index (χ4n) is 3.75. The number of hydrogen-bond acceptors (Lipinski definition) is 5. The third kappa shape index (κ3) is 5.19. The molecule has 0 unspecified atom stereocenters. The lowest BCUT2D eigenvalue weighted by Crippen LogP contribution is -2.35. The number of aromatic nitrogens is 3. The van der Waals surface area contributed by atoms with Gasteiger partial charge in [0, 0.05) is 24.3 Å². The average Bonchev–Trinajstić information content (AvgIpc) is 3.07. The number of benzene rings is 2. The maximum Gasteiger partial charge on any atom is 0.326 e. The Morgan fingerprint density at radius 2 is 1.81 bits per heavy atom. The van der Waals surface area contributed by atoms with E-state index in [-0.39, 0.29) is 12.6 Å². The Labute approximate surface area is 188 Å². The lowest BCUT2D eigenvalue weighted by Gasteiger charge is -2.22. The van der Waals surface area contributed by atoms with Crippen LogP contribution in [0, 0.1) is 0 Å². The number of carbonyl (C=O) groups is 1. The molecule has 32 heavy (non-hydrogen) atoms. The van der Waals surface area contributed by atoms with Gasteiger partial charge in [-0.05, 0) is 68.3 Å². The van der Waals surface area contributed by atoms with Crippen molar-refractivity contribution in [3.63, 3.8) is 0 Å². The van der Waals surface area contributed by atoms with E-state index in [1.54, 1.807) is 12.0 Å². The minimum atomic E-state index is -0.260. The highest BCUT2D eigenvalue weighted by molar-refractivity contribution is 6.01. The molecule has 0 spiro atoms. The van der Waals surface area contributed by atoms with Gasteiger partial charge in [0.1, 0.15) is 17.3 Å². The summed E-state index contributed by atoms with van der Waals surface area (Å²) in [5.41, 5.74) is 1.42. The molecule has 2 aromatic carbocycles. The SMILES string of the molecule is CCOc1ccc(N(Cc2nc3n(n2)CCCCC3)C(=O)Nc2ccc(OC)cc2)cc1. The molecule has 8 heteroatoms. The third-order valence-electron chi connectivity index (χ3n) is 5.41. The van der Waals surface area contributed by atoms with Gasteiger partial charge in [-0.25, -0.2) is 14.5 Å². The second-order valence-corrected chi connectivity index (χ2v) is 7.65. The van der Waals surface area contributed by atoms with E-state index in [1.807, 2.05) is 60.1 Å². The van der Waals surface area contributed by atoms with E-state index in [2.05, 4.69) is 10.4 Å². The largest absolute Gasteiger partial charge is 0.497 e. The van der Waals surface area contributed by atoms with Gasteiger partial charge in [0.05, 0.1) is 20.3 Å². The summed E-state index contributed by atoms with van der Waals surface area (Å²) in [5, 5.41) is 7.64. The van der Waals surface area contributed by atoms with Crippen molar-refractivity contribution in [3.8, 4) is 11.5 Å². The van der Waals surface area contributed by atoms with Crippen LogP contribution in [0.25, 0.3) is 0 Å². The normalized spacial score (nSPS) is 13.1. The molecule has 0 saturated carbocycles. The number of anilines is 2. The molecule has 1 N–H and O–H groups in total. The number of amides is 2. The van der Waals surface area contributed by atoms with Gasteiger partial charge in [0.25, 0.3) is 0 Å². The summed E-state index contributed by atoms with van der Waals surface area (Å²) in [5.74, 6) is 3.13. The van der Waals surface area contributed by atoms with E-state index in [0.29, 0.717) is 18.1 Å². The number of nitrogens with one attached hydrogen (secondary N) is 1. The zero-order chi connectivity index (χ0) is 22.3. The predicted molar refractivity (Wildman–Crippen MR) is 123 cm³/mol. The van der Waals surface area contributed by atoms with Crippen molar-refractivity contribution >= 4 is 17.4 Å². The van der Waals surface area contributed by atoms with E-state index in [0.717, 1.165) is 48.8 Å². The van der Waals surface area contributed by atoms with Crippen LogP contribution in [0.5, 0.6) is 11.5 Å². The minimum absolute atomic E-state index is 0.260. The standard InChI is InChI=1S/C24H29N5O3/c1-3-32-21-14-10-19(11-15-21)28(24(30)25-18-8-12-20(31-2)13-9-18)17-22-26-23-7-5-4-6-16-29(23)27-22/h8-15H,3-7,16-17H2,1-2H3,(H,25,30). The summed E-state index contributed by atoms with van der Waals surface area (Å²) in [6.07, 6.45) is 4.35. The van der Waals surface area contributed by atoms with Gasteiger partial charge in [-0.2, -0.15) is 5.10 Å². The summed E-state index contributed by atoms with van der Waals surface area (Å²) < 4.78 is 12.7. The second-order valence-electron chi connectivity index (χ2n) is 7.65. The highest BCUT2D eigenvalue weighted by atomic mass is 16.5.